The van der Waals surface area contributed by atoms with Gasteiger partial charge in [-0.15, -0.1) is 0 Å². The van der Waals surface area contributed by atoms with Gasteiger partial charge < -0.3 is 39.7 Å². The second-order valence-corrected chi connectivity index (χ2v) is 14.9. The molecule has 3 fully saturated rings. The number of aliphatic hydroxyl groups is 4. The van der Waals surface area contributed by atoms with Crippen LogP contribution in [-0.2, 0) is 23.8 Å². The van der Waals surface area contributed by atoms with Gasteiger partial charge in [-0.3, -0.25) is 9.59 Å². The molecule has 3 aliphatic rings. The van der Waals surface area contributed by atoms with Crippen LogP contribution in [0.5, 0.6) is 0 Å². The van der Waals surface area contributed by atoms with Crippen LogP contribution in [0.1, 0.15) is 114 Å². The fourth-order valence-corrected chi connectivity index (χ4v) is 8.82. The molecule has 0 unspecified atom stereocenters. The minimum absolute atomic E-state index is 0.0671. The predicted octanol–water partition coefficient (Wildman–Crippen LogP) is 4.29. The van der Waals surface area contributed by atoms with Crippen LogP contribution >= 0.6 is 0 Å². The van der Waals surface area contributed by atoms with Crippen molar-refractivity contribution >= 4 is 11.8 Å². The van der Waals surface area contributed by atoms with E-state index >= 15 is 0 Å². The Kier molecular flexibility index (Phi) is 11.5. The Bertz CT molecular complexity index is 1020. The molecule has 3 heterocycles. The van der Waals surface area contributed by atoms with Crippen LogP contribution in [0, 0.1) is 41.4 Å². The summed E-state index contributed by atoms with van der Waals surface area (Å²) in [6.45, 7) is 18.7. The SMILES string of the molecule is CC[C@H](C(=O)[C@@H](C)[C@@H](O)[C@H](C)[C@H]1O[C@@](O)(CC(=O)O)[C@H](C)C[C@@H]1C)[C@H]1O[C@](C)([C@]2(O)O[C@@](CC)([C@@H](O)CC)C[C@H]2C)C[C@@H]1C. The molecule has 0 aromatic rings. The van der Waals surface area contributed by atoms with E-state index in [0.29, 0.717) is 38.5 Å². The van der Waals surface area contributed by atoms with Crippen LogP contribution in [-0.4, -0.2) is 84.5 Å². The lowest BCUT2D eigenvalue weighted by Crippen LogP contribution is -2.58. The molecule has 0 aliphatic carbocycles. The smallest absolute Gasteiger partial charge is 0.308 e. The fourth-order valence-electron chi connectivity index (χ4n) is 8.82. The van der Waals surface area contributed by atoms with Crippen LogP contribution < -0.4 is 0 Å². The molecule has 3 aliphatic heterocycles. The van der Waals surface area contributed by atoms with E-state index < -0.39 is 83.3 Å². The number of rotatable bonds is 13. The topological polar surface area (TPSA) is 163 Å². The van der Waals surface area contributed by atoms with Gasteiger partial charge in [0.05, 0.1) is 36.4 Å². The van der Waals surface area contributed by atoms with Gasteiger partial charge in [0, 0.05) is 29.6 Å². The van der Waals surface area contributed by atoms with E-state index in [-0.39, 0.29) is 23.5 Å². The molecule has 0 radical (unpaired) electrons. The number of carbonyl (C=O) groups excluding carboxylic acids is 1. The predicted molar refractivity (Wildman–Crippen MR) is 164 cm³/mol. The lowest BCUT2D eigenvalue weighted by atomic mass is 9.73. The molecular weight excluding hydrogens is 568 g/mol. The zero-order valence-corrected chi connectivity index (χ0v) is 28.6. The zero-order valence-electron chi connectivity index (χ0n) is 28.6. The normalized spacial score (nSPS) is 44.6. The highest BCUT2D eigenvalue weighted by molar-refractivity contribution is 5.84. The summed E-state index contributed by atoms with van der Waals surface area (Å²) in [5.41, 5.74) is -1.99. The van der Waals surface area contributed by atoms with E-state index in [4.69, 9.17) is 14.2 Å². The van der Waals surface area contributed by atoms with Crippen LogP contribution in [0.4, 0.5) is 0 Å². The quantitative estimate of drug-likeness (QED) is 0.199. The summed E-state index contributed by atoms with van der Waals surface area (Å²) < 4.78 is 19.1. The fraction of sp³-hybridized carbons (Fsp3) is 0.941. The Labute approximate surface area is 263 Å². The van der Waals surface area contributed by atoms with E-state index in [2.05, 4.69) is 0 Å². The second-order valence-electron chi connectivity index (χ2n) is 14.9. The van der Waals surface area contributed by atoms with Crippen LogP contribution in [0.15, 0.2) is 0 Å². The van der Waals surface area contributed by atoms with E-state index in [1.807, 2.05) is 48.5 Å². The number of hydrogen-bond acceptors (Lipinski definition) is 9. The Hall–Kier alpha value is -1.14. The van der Waals surface area contributed by atoms with Gasteiger partial charge in [-0.25, -0.2) is 0 Å². The van der Waals surface area contributed by atoms with Gasteiger partial charge in [0.15, 0.2) is 11.6 Å². The number of carboxylic acids is 1. The average molecular weight is 629 g/mol. The van der Waals surface area contributed by atoms with Crippen LogP contribution in [0.2, 0.25) is 0 Å². The van der Waals surface area contributed by atoms with Gasteiger partial charge in [0.1, 0.15) is 11.4 Å². The summed E-state index contributed by atoms with van der Waals surface area (Å²) in [5.74, 6) is -7.56. The van der Waals surface area contributed by atoms with Crippen molar-refractivity contribution in [1.29, 1.82) is 0 Å². The lowest BCUT2D eigenvalue weighted by molar-refractivity contribution is -0.332. The number of carbonyl (C=O) groups is 2. The summed E-state index contributed by atoms with van der Waals surface area (Å²) in [5, 5.41) is 54.8. The van der Waals surface area contributed by atoms with Crippen molar-refractivity contribution in [3.05, 3.63) is 0 Å². The molecule has 3 saturated heterocycles. The van der Waals surface area contributed by atoms with E-state index in [1.54, 1.807) is 20.8 Å². The number of ketones is 1. The third-order valence-electron chi connectivity index (χ3n) is 11.7. The molecule has 256 valence electrons. The number of aliphatic carboxylic acids is 1. The number of carboxylic acid groups (broad SMARTS) is 1. The maximum absolute atomic E-state index is 14.1. The highest BCUT2D eigenvalue weighted by Gasteiger charge is 2.67. The second kappa shape index (κ2) is 13.5. The summed E-state index contributed by atoms with van der Waals surface area (Å²) >= 11 is 0. The van der Waals surface area contributed by atoms with Crippen molar-refractivity contribution in [1.82, 2.24) is 0 Å². The first-order chi connectivity index (χ1) is 20.3. The Morgan fingerprint density at radius 2 is 1.50 bits per heavy atom. The average Bonchev–Trinajstić information content (AvgIpc) is 3.42. The largest absolute Gasteiger partial charge is 0.481 e. The van der Waals surface area contributed by atoms with Crippen LogP contribution in [0.3, 0.4) is 0 Å². The van der Waals surface area contributed by atoms with Gasteiger partial charge in [-0.1, -0.05) is 62.3 Å². The molecule has 15 atom stereocenters. The highest BCUT2D eigenvalue weighted by Crippen LogP contribution is 2.56. The minimum Gasteiger partial charge on any atom is -0.481 e. The zero-order chi connectivity index (χ0) is 33.6. The van der Waals surface area contributed by atoms with Gasteiger partial charge >= 0.3 is 5.97 Å². The molecule has 10 nitrogen and oxygen atoms in total. The molecule has 0 saturated carbocycles. The van der Waals surface area contributed by atoms with E-state index in [0.717, 1.165) is 0 Å². The maximum atomic E-state index is 14.1. The summed E-state index contributed by atoms with van der Waals surface area (Å²) in [4.78, 5) is 25.5. The molecule has 0 amide bonds. The van der Waals surface area contributed by atoms with Gasteiger partial charge in [-0.05, 0) is 57.3 Å². The maximum Gasteiger partial charge on any atom is 0.308 e. The van der Waals surface area contributed by atoms with Crippen molar-refractivity contribution in [2.24, 2.45) is 41.4 Å². The van der Waals surface area contributed by atoms with E-state index in [1.165, 1.54) is 0 Å². The monoisotopic (exact) mass is 628 g/mol. The van der Waals surface area contributed by atoms with Gasteiger partial charge in [-0.2, -0.15) is 0 Å². The number of Topliss-reactive ketones (excluding diaryl/α,β-unsaturated/α-hetero) is 1. The molecular formula is C34H60O10. The Morgan fingerprint density at radius 3 is 2.02 bits per heavy atom. The minimum atomic E-state index is -1.85. The molecule has 3 rings (SSSR count). The van der Waals surface area contributed by atoms with Crippen molar-refractivity contribution < 1.29 is 49.3 Å². The first-order valence-corrected chi connectivity index (χ1v) is 16.9. The van der Waals surface area contributed by atoms with Crippen molar-refractivity contribution in [2.45, 2.75) is 161 Å². The van der Waals surface area contributed by atoms with Crippen molar-refractivity contribution in [3.63, 3.8) is 0 Å². The first kappa shape index (κ1) is 37.3. The molecule has 0 bridgehead atoms. The molecule has 10 heteroatoms. The summed E-state index contributed by atoms with van der Waals surface area (Å²) in [6.07, 6.45) is -0.539. The standard InChI is InChI=1S/C34H60O10/c1-11-24(28(39)22(8)27(38)23(9)29-18(4)14-20(6)33(40,43-29)17-26(36)37)30-19(5)15-31(10,42-30)34(41)21(7)16-32(13-3,44-34)25(35)12-2/h18-25,27,29-30,35,38,40-41H,11-17H2,1-10H3,(H,36,37)/t18-,19-,20+,21+,22-,23-,24+,25-,27+,29-,30-,31-,32+,33-,34+/m0/s1. The Balaban J connectivity index is 1.79. The summed E-state index contributed by atoms with van der Waals surface area (Å²) in [7, 11) is 0. The number of hydrogen-bond donors (Lipinski definition) is 5. The molecule has 0 aromatic carbocycles. The molecule has 0 spiro atoms. The number of aliphatic hydroxyl groups excluding tert-OH is 2. The third-order valence-corrected chi connectivity index (χ3v) is 11.7. The Morgan fingerprint density at radius 1 is 0.886 bits per heavy atom. The van der Waals surface area contributed by atoms with Crippen molar-refractivity contribution in [3.8, 4) is 0 Å². The summed E-state index contributed by atoms with van der Waals surface area (Å²) in [6, 6.07) is 0. The third kappa shape index (κ3) is 6.51. The lowest BCUT2D eigenvalue weighted by Gasteiger charge is -2.47. The molecule has 5 N–H and O–H groups in total. The number of ether oxygens (including phenoxy) is 3. The van der Waals surface area contributed by atoms with E-state index in [9.17, 15) is 35.1 Å². The highest BCUT2D eigenvalue weighted by atomic mass is 16.7. The molecule has 44 heavy (non-hydrogen) atoms. The van der Waals surface area contributed by atoms with Crippen LogP contribution in [0.25, 0.3) is 0 Å². The van der Waals surface area contributed by atoms with Gasteiger partial charge in [0.25, 0.3) is 0 Å². The van der Waals surface area contributed by atoms with Gasteiger partial charge in [0.2, 0.25) is 0 Å². The first-order valence-electron chi connectivity index (χ1n) is 16.9. The van der Waals surface area contributed by atoms with Crippen molar-refractivity contribution in [2.75, 3.05) is 0 Å². The molecule has 0 aromatic heterocycles.